The number of carbonyl (C=O) groups is 1. The monoisotopic (exact) mass is 413 g/mol. The molecule has 1 amide bonds. The van der Waals surface area contributed by atoms with Gasteiger partial charge in [0.05, 0.1) is 12.0 Å². The number of rotatable bonds is 3. The standard InChI is InChI=1S/C21H20FN3O3S/c1-28-17-4-2-3-14(19(17)26)13-18-20(27)23-21(29-18)25-11-9-24(10-12-25)16-7-5-15(22)6-8-16/h2-8,13,26H,9-12H2,1H3/b18-13-. The molecular weight excluding hydrogens is 393 g/mol. The van der Waals surface area contributed by atoms with E-state index in [-0.39, 0.29) is 17.5 Å². The molecule has 0 radical (unpaired) electrons. The van der Waals surface area contributed by atoms with E-state index in [1.54, 1.807) is 36.4 Å². The van der Waals surface area contributed by atoms with Gasteiger partial charge >= 0.3 is 0 Å². The number of benzene rings is 2. The molecule has 2 aliphatic rings. The van der Waals surface area contributed by atoms with Crippen LogP contribution in [0.1, 0.15) is 5.56 Å². The smallest absolute Gasteiger partial charge is 0.286 e. The van der Waals surface area contributed by atoms with Gasteiger partial charge in [-0.2, -0.15) is 4.99 Å². The van der Waals surface area contributed by atoms with Gasteiger partial charge in [-0.15, -0.1) is 0 Å². The summed E-state index contributed by atoms with van der Waals surface area (Å²) >= 11 is 1.31. The Labute approximate surface area is 172 Å². The number of aromatic hydroxyl groups is 1. The summed E-state index contributed by atoms with van der Waals surface area (Å²) < 4.78 is 18.2. The number of piperazine rings is 1. The molecule has 2 aliphatic heterocycles. The summed E-state index contributed by atoms with van der Waals surface area (Å²) in [6, 6.07) is 11.6. The molecule has 2 aromatic carbocycles. The SMILES string of the molecule is COc1cccc(/C=C2\SC(N3CCN(c4ccc(F)cc4)CC3)=NC2=O)c1O. The third kappa shape index (κ3) is 4.07. The second kappa shape index (κ2) is 8.16. The number of phenolic OH excluding ortho intramolecular Hbond substituents is 1. The second-order valence-electron chi connectivity index (χ2n) is 6.66. The number of amidine groups is 1. The van der Waals surface area contributed by atoms with Crippen LogP contribution in [-0.4, -0.2) is 54.4 Å². The summed E-state index contributed by atoms with van der Waals surface area (Å²) in [6.45, 7) is 2.95. The lowest BCUT2D eigenvalue weighted by Crippen LogP contribution is -2.47. The molecule has 2 aromatic rings. The van der Waals surface area contributed by atoms with Crippen LogP contribution in [0.4, 0.5) is 10.1 Å². The van der Waals surface area contributed by atoms with Crippen LogP contribution in [0.5, 0.6) is 11.5 Å². The van der Waals surface area contributed by atoms with Crippen LogP contribution in [0.3, 0.4) is 0 Å². The number of anilines is 1. The van der Waals surface area contributed by atoms with E-state index in [2.05, 4.69) is 14.8 Å². The number of para-hydroxylation sites is 1. The van der Waals surface area contributed by atoms with Gasteiger partial charge in [0, 0.05) is 37.4 Å². The van der Waals surface area contributed by atoms with E-state index in [0.29, 0.717) is 34.5 Å². The topological polar surface area (TPSA) is 65.4 Å². The summed E-state index contributed by atoms with van der Waals surface area (Å²) in [5.74, 6) is -0.206. The van der Waals surface area contributed by atoms with E-state index in [9.17, 15) is 14.3 Å². The van der Waals surface area contributed by atoms with Crippen LogP contribution in [-0.2, 0) is 4.79 Å². The Balaban J connectivity index is 1.42. The zero-order chi connectivity index (χ0) is 20.4. The molecule has 1 fully saturated rings. The molecule has 0 unspecified atom stereocenters. The first-order chi connectivity index (χ1) is 14.0. The van der Waals surface area contributed by atoms with Crippen LogP contribution in [0.15, 0.2) is 52.4 Å². The van der Waals surface area contributed by atoms with Crippen molar-refractivity contribution in [1.82, 2.24) is 4.90 Å². The Kier molecular flexibility index (Phi) is 5.44. The molecule has 0 bridgehead atoms. The number of aliphatic imine (C=N–C) groups is 1. The number of phenols is 1. The number of carbonyl (C=O) groups excluding carboxylic acids is 1. The van der Waals surface area contributed by atoms with Gasteiger partial charge in [0.2, 0.25) is 0 Å². The Morgan fingerprint density at radius 2 is 1.79 bits per heavy atom. The minimum Gasteiger partial charge on any atom is -0.504 e. The summed E-state index contributed by atoms with van der Waals surface area (Å²) in [5.41, 5.74) is 1.50. The third-order valence-corrected chi connectivity index (χ3v) is 5.93. The van der Waals surface area contributed by atoms with Crippen LogP contribution in [0.25, 0.3) is 6.08 Å². The quantitative estimate of drug-likeness (QED) is 0.779. The lowest BCUT2D eigenvalue weighted by molar-refractivity contribution is -0.113. The second-order valence-corrected chi connectivity index (χ2v) is 7.67. The Morgan fingerprint density at radius 3 is 2.48 bits per heavy atom. The van der Waals surface area contributed by atoms with Crippen molar-refractivity contribution in [2.24, 2.45) is 4.99 Å². The van der Waals surface area contributed by atoms with Gasteiger partial charge in [-0.1, -0.05) is 12.1 Å². The molecule has 0 aromatic heterocycles. The van der Waals surface area contributed by atoms with Gasteiger partial charge in [-0.25, -0.2) is 4.39 Å². The van der Waals surface area contributed by atoms with Crippen molar-refractivity contribution in [3.05, 3.63) is 58.8 Å². The van der Waals surface area contributed by atoms with E-state index in [4.69, 9.17) is 4.74 Å². The van der Waals surface area contributed by atoms with Crippen LogP contribution in [0, 0.1) is 5.82 Å². The average molecular weight is 413 g/mol. The molecule has 8 heteroatoms. The fraction of sp³-hybridized carbons (Fsp3) is 0.238. The first kappa shape index (κ1) is 19.3. The third-order valence-electron chi connectivity index (χ3n) is 4.89. The zero-order valence-corrected chi connectivity index (χ0v) is 16.7. The van der Waals surface area contributed by atoms with Gasteiger partial charge in [-0.3, -0.25) is 4.79 Å². The van der Waals surface area contributed by atoms with Crippen molar-refractivity contribution >= 4 is 34.6 Å². The maximum absolute atomic E-state index is 13.1. The van der Waals surface area contributed by atoms with Gasteiger partial charge in [0.15, 0.2) is 16.7 Å². The minimum atomic E-state index is -0.312. The van der Waals surface area contributed by atoms with Gasteiger partial charge in [0.25, 0.3) is 5.91 Å². The Hall–Kier alpha value is -3.00. The number of methoxy groups -OCH3 is 1. The highest BCUT2D eigenvalue weighted by atomic mass is 32.2. The maximum Gasteiger partial charge on any atom is 0.286 e. The van der Waals surface area contributed by atoms with Crippen molar-refractivity contribution in [2.75, 3.05) is 38.2 Å². The summed E-state index contributed by atoms with van der Waals surface area (Å²) in [6.07, 6.45) is 1.64. The zero-order valence-electron chi connectivity index (χ0n) is 15.8. The van der Waals surface area contributed by atoms with Gasteiger partial charge in [0.1, 0.15) is 5.82 Å². The molecule has 0 aliphatic carbocycles. The predicted octanol–water partition coefficient (Wildman–Crippen LogP) is 3.33. The normalized spacial score (nSPS) is 18.3. The van der Waals surface area contributed by atoms with Crippen molar-refractivity contribution < 1.29 is 19.0 Å². The van der Waals surface area contributed by atoms with Crippen LogP contribution in [0.2, 0.25) is 0 Å². The fourth-order valence-corrected chi connectivity index (χ4v) is 4.26. The molecule has 1 N–H and O–H groups in total. The van der Waals surface area contributed by atoms with E-state index in [0.717, 1.165) is 18.8 Å². The van der Waals surface area contributed by atoms with Crippen molar-refractivity contribution in [1.29, 1.82) is 0 Å². The molecule has 150 valence electrons. The van der Waals surface area contributed by atoms with Crippen molar-refractivity contribution in [3.63, 3.8) is 0 Å². The number of amides is 1. The minimum absolute atomic E-state index is 0.00254. The van der Waals surface area contributed by atoms with Gasteiger partial charge in [-0.05, 0) is 48.2 Å². The fourth-order valence-electron chi connectivity index (χ4n) is 3.30. The first-order valence-electron chi connectivity index (χ1n) is 9.19. The first-order valence-corrected chi connectivity index (χ1v) is 10.0. The molecule has 0 saturated carbocycles. The van der Waals surface area contributed by atoms with Crippen molar-refractivity contribution in [3.8, 4) is 11.5 Å². The number of hydrogen-bond acceptors (Lipinski definition) is 6. The lowest BCUT2D eigenvalue weighted by atomic mass is 10.1. The highest BCUT2D eigenvalue weighted by Gasteiger charge is 2.29. The maximum atomic E-state index is 13.1. The summed E-state index contributed by atoms with van der Waals surface area (Å²) in [4.78, 5) is 21.3. The number of thioether (sulfide) groups is 1. The molecule has 0 spiro atoms. The number of ether oxygens (including phenoxy) is 1. The number of halogens is 1. The molecule has 0 atom stereocenters. The Morgan fingerprint density at radius 1 is 1.10 bits per heavy atom. The lowest BCUT2D eigenvalue weighted by Gasteiger charge is -2.36. The number of hydrogen-bond donors (Lipinski definition) is 1. The molecule has 1 saturated heterocycles. The summed E-state index contributed by atoms with van der Waals surface area (Å²) in [5, 5.41) is 10.9. The molecular formula is C21H20FN3O3S. The largest absolute Gasteiger partial charge is 0.504 e. The van der Waals surface area contributed by atoms with E-state index in [1.165, 1.54) is 31.0 Å². The average Bonchev–Trinajstić information content (AvgIpc) is 3.10. The molecule has 29 heavy (non-hydrogen) atoms. The highest BCUT2D eigenvalue weighted by molar-refractivity contribution is 8.18. The van der Waals surface area contributed by atoms with Crippen LogP contribution < -0.4 is 9.64 Å². The molecule has 2 heterocycles. The van der Waals surface area contributed by atoms with Crippen LogP contribution >= 0.6 is 11.8 Å². The Bertz CT molecular complexity index is 983. The van der Waals surface area contributed by atoms with E-state index in [1.807, 2.05) is 0 Å². The highest BCUT2D eigenvalue weighted by Crippen LogP contribution is 2.35. The molecule has 6 nitrogen and oxygen atoms in total. The predicted molar refractivity (Wildman–Crippen MR) is 113 cm³/mol. The number of nitrogens with zero attached hydrogens (tertiary/aromatic N) is 3. The van der Waals surface area contributed by atoms with Crippen molar-refractivity contribution in [2.45, 2.75) is 0 Å². The summed E-state index contributed by atoms with van der Waals surface area (Å²) in [7, 11) is 1.48. The molecule has 4 rings (SSSR count). The van der Waals surface area contributed by atoms with E-state index < -0.39 is 0 Å². The van der Waals surface area contributed by atoms with E-state index >= 15 is 0 Å². The van der Waals surface area contributed by atoms with Gasteiger partial charge < -0.3 is 19.6 Å².